The van der Waals surface area contributed by atoms with Crippen molar-refractivity contribution in [3.63, 3.8) is 0 Å². The maximum atomic E-state index is 4.63. The normalized spacial score (nSPS) is 15.5. The van der Waals surface area contributed by atoms with Gasteiger partial charge in [-0.3, -0.25) is 4.98 Å². The number of aromatic nitrogens is 4. The van der Waals surface area contributed by atoms with Gasteiger partial charge in [-0.05, 0) is 38.3 Å². The van der Waals surface area contributed by atoms with E-state index in [1.807, 2.05) is 0 Å². The van der Waals surface area contributed by atoms with Crippen LogP contribution in [0.3, 0.4) is 0 Å². The fourth-order valence-electron chi connectivity index (χ4n) is 2.84. The number of rotatable bonds is 6. The second-order valence-electron chi connectivity index (χ2n) is 5.98. The molecule has 0 atom stereocenters. The summed E-state index contributed by atoms with van der Waals surface area (Å²) >= 11 is 0. The summed E-state index contributed by atoms with van der Waals surface area (Å²) in [6.45, 7) is 5.35. The summed E-state index contributed by atoms with van der Waals surface area (Å²) in [7, 11) is 0. The first kappa shape index (κ1) is 15.8. The Morgan fingerprint density at radius 1 is 1.22 bits per heavy atom. The van der Waals surface area contributed by atoms with Gasteiger partial charge in [-0.25, -0.2) is 15.0 Å². The molecule has 0 aliphatic carbocycles. The summed E-state index contributed by atoms with van der Waals surface area (Å²) < 4.78 is 0. The average molecular weight is 312 g/mol. The Labute approximate surface area is 137 Å². The molecule has 122 valence electrons. The standard InChI is InChI=1S/C17H24N6/c1-2-3-14-10-16(21-11-13-4-6-18-7-5-13)23-17(22-14)15-12-19-8-9-20-15/h8-10,12-13,18H,2-7,11H2,1H3,(H,21,22,23). The minimum atomic E-state index is 0.650. The number of aryl methyl sites for hydroxylation is 1. The Balaban J connectivity index is 1.76. The molecule has 0 spiro atoms. The van der Waals surface area contributed by atoms with Crippen LogP contribution in [-0.4, -0.2) is 39.6 Å². The van der Waals surface area contributed by atoms with Crippen molar-refractivity contribution in [2.45, 2.75) is 32.6 Å². The molecule has 2 aromatic rings. The van der Waals surface area contributed by atoms with E-state index in [0.29, 0.717) is 11.7 Å². The molecule has 3 rings (SSSR count). The van der Waals surface area contributed by atoms with E-state index in [1.165, 1.54) is 12.8 Å². The van der Waals surface area contributed by atoms with E-state index in [4.69, 9.17) is 0 Å². The third-order valence-electron chi connectivity index (χ3n) is 4.11. The zero-order chi connectivity index (χ0) is 15.9. The SMILES string of the molecule is CCCc1cc(NCC2CCNCC2)nc(-c2cnccn2)n1. The van der Waals surface area contributed by atoms with Gasteiger partial charge in [0.1, 0.15) is 11.5 Å². The summed E-state index contributed by atoms with van der Waals surface area (Å²) in [5, 5.41) is 6.90. The lowest BCUT2D eigenvalue weighted by atomic mass is 9.98. The number of anilines is 1. The smallest absolute Gasteiger partial charge is 0.182 e. The van der Waals surface area contributed by atoms with Crippen LogP contribution in [0.15, 0.2) is 24.7 Å². The van der Waals surface area contributed by atoms with Crippen molar-refractivity contribution in [2.75, 3.05) is 25.0 Å². The van der Waals surface area contributed by atoms with Gasteiger partial charge in [-0.15, -0.1) is 0 Å². The lowest BCUT2D eigenvalue weighted by molar-refractivity contribution is 0.389. The molecule has 6 heteroatoms. The van der Waals surface area contributed by atoms with Crippen LogP contribution in [0.2, 0.25) is 0 Å². The molecule has 0 radical (unpaired) electrons. The van der Waals surface area contributed by atoms with Gasteiger partial charge in [0.15, 0.2) is 5.82 Å². The van der Waals surface area contributed by atoms with Gasteiger partial charge in [0.25, 0.3) is 0 Å². The Morgan fingerprint density at radius 2 is 2.09 bits per heavy atom. The van der Waals surface area contributed by atoms with Crippen LogP contribution in [0.5, 0.6) is 0 Å². The van der Waals surface area contributed by atoms with Crippen LogP contribution >= 0.6 is 0 Å². The number of piperidine rings is 1. The lowest BCUT2D eigenvalue weighted by Gasteiger charge is -2.23. The Kier molecular flexibility index (Phi) is 5.47. The van der Waals surface area contributed by atoms with Gasteiger partial charge in [0.2, 0.25) is 0 Å². The largest absolute Gasteiger partial charge is 0.370 e. The molecule has 1 aliphatic rings. The highest BCUT2D eigenvalue weighted by atomic mass is 15.0. The zero-order valence-electron chi connectivity index (χ0n) is 13.6. The molecule has 2 aromatic heterocycles. The summed E-state index contributed by atoms with van der Waals surface area (Å²) in [6.07, 6.45) is 9.49. The van der Waals surface area contributed by atoms with Gasteiger partial charge >= 0.3 is 0 Å². The number of nitrogens with zero attached hydrogens (tertiary/aromatic N) is 4. The highest BCUT2D eigenvalue weighted by Crippen LogP contribution is 2.18. The molecule has 1 fully saturated rings. The second-order valence-corrected chi connectivity index (χ2v) is 5.98. The van der Waals surface area contributed by atoms with Gasteiger partial charge in [-0.1, -0.05) is 13.3 Å². The van der Waals surface area contributed by atoms with E-state index in [-0.39, 0.29) is 0 Å². The van der Waals surface area contributed by atoms with Crippen LogP contribution < -0.4 is 10.6 Å². The summed E-state index contributed by atoms with van der Waals surface area (Å²) in [6, 6.07) is 2.06. The maximum absolute atomic E-state index is 4.63. The average Bonchev–Trinajstić information content (AvgIpc) is 2.62. The Bertz CT molecular complexity index is 610. The molecule has 6 nitrogen and oxygen atoms in total. The van der Waals surface area contributed by atoms with E-state index < -0.39 is 0 Å². The first-order chi connectivity index (χ1) is 11.3. The minimum absolute atomic E-state index is 0.650. The molecule has 3 heterocycles. The van der Waals surface area contributed by atoms with Gasteiger partial charge < -0.3 is 10.6 Å². The van der Waals surface area contributed by atoms with Crippen molar-refractivity contribution in [3.8, 4) is 11.5 Å². The molecular weight excluding hydrogens is 288 g/mol. The fraction of sp³-hybridized carbons (Fsp3) is 0.529. The molecule has 2 N–H and O–H groups in total. The predicted octanol–water partition coefficient (Wildman–Crippen LogP) is 2.30. The highest BCUT2D eigenvalue weighted by Gasteiger charge is 2.14. The van der Waals surface area contributed by atoms with Crippen molar-refractivity contribution >= 4 is 5.82 Å². The molecule has 0 saturated carbocycles. The van der Waals surface area contributed by atoms with E-state index in [1.54, 1.807) is 18.6 Å². The van der Waals surface area contributed by atoms with Crippen molar-refractivity contribution in [3.05, 3.63) is 30.4 Å². The molecular formula is C17H24N6. The van der Waals surface area contributed by atoms with Crippen LogP contribution in [-0.2, 0) is 6.42 Å². The van der Waals surface area contributed by atoms with E-state index >= 15 is 0 Å². The van der Waals surface area contributed by atoms with Crippen LogP contribution in [0.1, 0.15) is 31.9 Å². The Hall–Kier alpha value is -2.08. The van der Waals surface area contributed by atoms with Gasteiger partial charge in [0, 0.05) is 30.7 Å². The molecule has 23 heavy (non-hydrogen) atoms. The zero-order valence-corrected chi connectivity index (χ0v) is 13.6. The first-order valence-corrected chi connectivity index (χ1v) is 8.44. The third-order valence-corrected chi connectivity index (χ3v) is 4.11. The van der Waals surface area contributed by atoms with E-state index in [9.17, 15) is 0 Å². The van der Waals surface area contributed by atoms with Gasteiger partial charge in [-0.2, -0.15) is 0 Å². The molecule has 1 saturated heterocycles. The van der Waals surface area contributed by atoms with Crippen molar-refractivity contribution < 1.29 is 0 Å². The Morgan fingerprint density at radius 3 is 2.83 bits per heavy atom. The van der Waals surface area contributed by atoms with Crippen molar-refractivity contribution in [1.29, 1.82) is 0 Å². The quantitative estimate of drug-likeness (QED) is 0.852. The monoisotopic (exact) mass is 312 g/mol. The number of hydrogen-bond donors (Lipinski definition) is 2. The topological polar surface area (TPSA) is 75.6 Å². The lowest BCUT2D eigenvalue weighted by Crippen LogP contribution is -2.31. The van der Waals surface area contributed by atoms with Crippen molar-refractivity contribution in [2.24, 2.45) is 5.92 Å². The summed E-state index contributed by atoms with van der Waals surface area (Å²) in [5.41, 5.74) is 1.77. The number of hydrogen-bond acceptors (Lipinski definition) is 6. The van der Waals surface area contributed by atoms with E-state index in [0.717, 1.165) is 49.7 Å². The fourth-order valence-corrected chi connectivity index (χ4v) is 2.84. The summed E-state index contributed by atoms with van der Waals surface area (Å²) in [4.78, 5) is 17.7. The van der Waals surface area contributed by atoms with Crippen LogP contribution in [0, 0.1) is 5.92 Å². The number of nitrogens with one attached hydrogen (secondary N) is 2. The molecule has 0 bridgehead atoms. The molecule has 0 aromatic carbocycles. The van der Waals surface area contributed by atoms with Gasteiger partial charge in [0.05, 0.1) is 6.20 Å². The maximum Gasteiger partial charge on any atom is 0.182 e. The van der Waals surface area contributed by atoms with Crippen LogP contribution in [0.25, 0.3) is 11.5 Å². The summed E-state index contributed by atoms with van der Waals surface area (Å²) in [5.74, 6) is 2.25. The van der Waals surface area contributed by atoms with E-state index in [2.05, 4.69) is 43.6 Å². The first-order valence-electron chi connectivity index (χ1n) is 8.44. The third kappa shape index (κ3) is 4.45. The molecule has 0 unspecified atom stereocenters. The predicted molar refractivity (Wildman–Crippen MR) is 91.1 cm³/mol. The van der Waals surface area contributed by atoms with Crippen LogP contribution in [0.4, 0.5) is 5.82 Å². The molecule has 1 aliphatic heterocycles. The second kappa shape index (κ2) is 7.97. The highest BCUT2D eigenvalue weighted by molar-refractivity contribution is 5.51. The minimum Gasteiger partial charge on any atom is -0.370 e. The molecule has 0 amide bonds. The van der Waals surface area contributed by atoms with Crippen molar-refractivity contribution in [1.82, 2.24) is 25.3 Å².